The molecule has 2 rings (SSSR count). The fourth-order valence-electron chi connectivity index (χ4n) is 2.40. The van der Waals surface area contributed by atoms with E-state index in [1.807, 2.05) is 43.3 Å². The van der Waals surface area contributed by atoms with Crippen molar-refractivity contribution >= 4 is 10.8 Å². The summed E-state index contributed by atoms with van der Waals surface area (Å²) >= 11 is 0. The molecule has 0 radical (unpaired) electrons. The number of rotatable bonds is 13. The second kappa shape index (κ2) is 11.7. The van der Waals surface area contributed by atoms with Gasteiger partial charge in [-0.05, 0) is 30.5 Å². The van der Waals surface area contributed by atoms with Crippen molar-refractivity contribution in [2.75, 3.05) is 53.9 Å². The molecule has 0 aromatic heterocycles. The second-order valence-electron chi connectivity index (χ2n) is 5.62. The van der Waals surface area contributed by atoms with E-state index in [-0.39, 0.29) is 6.29 Å². The number of hydrogen-bond donors (Lipinski definition) is 0. The van der Waals surface area contributed by atoms with E-state index in [1.165, 1.54) is 0 Å². The van der Waals surface area contributed by atoms with Gasteiger partial charge in [-0.1, -0.05) is 18.2 Å². The highest BCUT2D eigenvalue weighted by Gasteiger charge is 2.08. The van der Waals surface area contributed by atoms with Crippen LogP contribution in [-0.2, 0) is 18.9 Å². The molecule has 0 fully saturated rings. The van der Waals surface area contributed by atoms with Crippen molar-refractivity contribution in [3.8, 4) is 11.5 Å². The lowest BCUT2D eigenvalue weighted by molar-refractivity contribution is -0.0858. The Bertz CT molecular complexity index is 645. The molecule has 6 nitrogen and oxygen atoms in total. The van der Waals surface area contributed by atoms with E-state index < -0.39 is 0 Å². The van der Waals surface area contributed by atoms with Crippen molar-refractivity contribution in [3.63, 3.8) is 0 Å². The summed E-state index contributed by atoms with van der Waals surface area (Å²) in [5, 5.41) is 2.08. The predicted octanol–water partition coefficient (Wildman–Crippen LogP) is 3.27. The zero-order chi connectivity index (χ0) is 18.6. The van der Waals surface area contributed by atoms with E-state index in [0.717, 1.165) is 22.3 Å². The molecule has 6 heteroatoms. The van der Waals surface area contributed by atoms with Gasteiger partial charge in [0.05, 0.1) is 46.8 Å². The average molecular weight is 364 g/mol. The molecule has 144 valence electrons. The SMILES string of the molecule is COCCOCCOCCOC(C)Oc1cccc2ccc(OC)cc12. The highest BCUT2D eigenvalue weighted by atomic mass is 16.7. The van der Waals surface area contributed by atoms with Crippen LogP contribution in [0, 0.1) is 0 Å². The predicted molar refractivity (Wildman–Crippen MR) is 100 cm³/mol. The molecular weight excluding hydrogens is 336 g/mol. The molecule has 0 spiro atoms. The monoisotopic (exact) mass is 364 g/mol. The van der Waals surface area contributed by atoms with E-state index in [1.54, 1.807) is 14.2 Å². The maximum atomic E-state index is 5.93. The van der Waals surface area contributed by atoms with Crippen molar-refractivity contribution in [3.05, 3.63) is 36.4 Å². The summed E-state index contributed by atoms with van der Waals surface area (Å²) in [6.07, 6.45) is -0.381. The Hall–Kier alpha value is -1.86. The first-order chi connectivity index (χ1) is 12.7. The van der Waals surface area contributed by atoms with Gasteiger partial charge in [0, 0.05) is 12.5 Å². The van der Waals surface area contributed by atoms with Crippen molar-refractivity contribution in [2.45, 2.75) is 13.2 Å². The molecule has 26 heavy (non-hydrogen) atoms. The molecule has 0 bridgehead atoms. The Morgan fingerprint density at radius 3 is 2.31 bits per heavy atom. The van der Waals surface area contributed by atoms with E-state index in [4.69, 9.17) is 28.4 Å². The number of benzene rings is 2. The molecule has 0 N–H and O–H groups in total. The third-order valence-corrected chi connectivity index (χ3v) is 3.73. The molecule has 0 heterocycles. The molecular formula is C20H28O6. The molecule has 0 saturated heterocycles. The van der Waals surface area contributed by atoms with Crippen LogP contribution in [0.15, 0.2) is 36.4 Å². The zero-order valence-electron chi connectivity index (χ0n) is 15.7. The van der Waals surface area contributed by atoms with Crippen LogP contribution in [0.3, 0.4) is 0 Å². The van der Waals surface area contributed by atoms with Crippen LogP contribution >= 0.6 is 0 Å². The van der Waals surface area contributed by atoms with E-state index >= 15 is 0 Å². The first kappa shape index (κ1) is 20.5. The largest absolute Gasteiger partial charge is 0.497 e. The van der Waals surface area contributed by atoms with Gasteiger partial charge >= 0.3 is 0 Å². The zero-order valence-corrected chi connectivity index (χ0v) is 15.7. The van der Waals surface area contributed by atoms with Crippen LogP contribution in [-0.4, -0.2) is 60.2 Å². The standard InChI is InChI=1S/C20H28O6/c1-16(25-14-13-24-12-11-23-10-9-21-2)26-20-6-4-5-17-7-8-18(22-3)15-19(17)20/h4-8,15-16H,9-14H2,1-3H3. The third kappa shape index (κ3) is 6.80. The Kier molecular flexibility index (Phi) is 9.20. The lowest BCUT2D eigenvalue weighted by Gasteiger charge is -2.17. The highest BCUT2D eigenvalue weighted by molar-refractivity contribution is 5.89. The van der Waals surface area contributed by atoms with Crippen LogP contribution in [0.2, 0.25) is 0 Å². The molecule has 2 aromatic rings. The summed E-state index contributed by atoms with van der Waals surface area (Å²) in [5.41, 5.74) is 0. The van der Waals surface area contributed by atoms with Gasteiger partial charge in [-0.3, -0.25) is 0 Å². The fourth-order valence-corrected chi connectivity index (χ4v) is 2.40. The van der Waals surface area contributed by atoms with Crippen LogP contribution in [0.5, 0.6) is 11.5 Å². The lowest BCUT2D eigenvalue weighted by Crippen LogP contribution is -2.20. The molecule has 0 aliphatic carbocycles. The topological polar surface area (TPSA) is 55.4 Å². The smallest absolute Gasteiger partial charge is 0.197 e. The quantitative estimate of drug-likeness (QED) is 0.402. The minimum atomic E-state index is -0.381. The average Bonchev–Trinajstić information content (AvgIpc) is 2.66. The van der Waals surface area contributed by atoms with E-state index in [0.29, 0.717) is 39.6 Å². The summed E-state index contributed by atoms with van der Waals surface area (Å²) in [6.45, 7) is 5.07. The second-order valence-corrected chi connectivity index (χ2v) is 5.62. The molecule has 1 atom stereocenters. The minimum absolute atomic E-state index is 0.381. The van der Waals surface area contributed by atoms with Gasteiger partial charge in [-0.25, -0.2) is 0 Å². The highest BCUT2D eigenvalue weighted by Crippen LogP contribution is 2.29. The van der Waals surface area contributed by atoms with Crippen molar-refractivity contribution in [1.29, 1.82) is 0 Å². The summed E-state index contributed by atoms with van der Waals surface area (Å²) in [6, 6.07) is 11.8. The summed E-state index contributed by atoms with van der Waals surface area (Å²) in [7, 11) is 3.30. The Balaban J connectivity index is 1.71. The summed E-state index contributed by atoms with van der Waals surface area (Å²) in [4.78, 5) is 0. The van der Waals surface area contributed by atoms with E-state index in [2.05, 4.69) is 0 Å². The lowest BCUT2D eigenvalue weighted by atomic mass is 10.1. The van der Waals surface area contributed by atoms with Gasteiger partial charge in [-0.2, -0.15) is 0 Å². The maximum Gasteiger partial charge on any atom is 0.197 e. The van der Waals surface area contributed by atoms with Gasteiger partial charge in [-0.15, -0.1) is 0 Å². The molecule has 0 saturated carbocycles. The number of hydrogen-bond acceptors (Lipinski definition) is 6. The Morgan fingerprint density at radius 1 is 0.846 bits per heavy atom. The van der Waals surface area contributed by atoms with Gasteiger partial charge in [0.2, 0.25) is 0 Å². The normalized spacial score (nSPS) is 12.3. The van der Waals surface area contributed by atoms with Crippen molar-refractivity contribution in [1.82, 2.24) is 0 Å². The molecule has 2 aromatic carbocycles. The van der Waals surface area contributed by atoms with Crippen LogP contribution in [0.4, 0.5) is 0 Å². The van der Waals surface area contributed by atoms with Crippen LogP contribution < -0.4 is 9.47 Å². The summed E-state index contributed by atoms with van der Waals surface area (Å²) in [5.74, 6) is 1.56. The van der Waals surface area contributed by atoms with Crippen LogP contribution in [0.1, 0.15) is 6.92 Å². The number of methoxy groups -OCH3 is 2. The van der Waals surface area contributed by atoms with E-state index in [9.17, 15) is 0 Å². The Labute approximate surface area is 154 Å². The van der Waals surface area contributed by atoms with Crippen molar-refractivity contribution < 1.29 is 28.4 Å². The first-order valence-electron chi connectivity index (χ1n) is 8.74. The number of ether oxygens (including phenoxy) is 6. The van der Waals surface area contributed by atoms with Gasteiger partial charge in [0.25, 0.3) is 0 Å². The van der Waals surface area contributed by atoms with Crippen molar-refractivity contribution in [2.24, 2.45) is 0 Å². The first-order valence-corrected chi connectivity index (χ1v) is 8.74. The summed E-state index contributed by atoms with van der Waals surface area (Å²) < 4.78 is 32.5. The molecule has 0 aliphatic rings. The van der Waals surface area contributed by atoms with Crippen LogP contribution in [0.25, 0.3) is 10.8 Å². The fraction of sp³-hybridized carbons (Fsp3) is 0.500. The molecule has 0 aliphatic heterocycles. The molecule has 1 unspecified atom stereocenters. The maximum absolute atomic E-state index is 5.93. The van der Waals surface area contributed by atoms with Gasteiger partial charge in [0.15, 0.2) is 6.29 Å². The number of fused-ring (bicyclic) bond motifs is 1. The third-order valence-electron chi connectivity index (χ3n) is 3.73. The molecule has 0 amide bonds. The van der Waals surface area contributed by atoms with Gasteiger partial charge in [0.1, 0.15) is 11.5 Å². The Morgan fingerprint density at radius 2 is 1.58 bits per heavy atom. The minimum Gasteiger partial charge on any atom is -0.497 e. The van der Waals surface area contributed by atoms with Gasteiger partial charge < -0.3 is 28.4 Å².